The van der Waals surface area contributed by atoms with Crippen molar-refractivity contribution in [1.29, 1.82) is 0 Å². The van der Waals surface area contributed by atoms with Gasteiger partial charge in [-0.1, -0.05) is 41.7 Å². The summed E-state index contributed by atoms with van der Waals surface area (Å²) < 4.78 is 18.8. The Hall–Kier alpha value is -4.17. The van der Waals surface area contributed by atoms with Crippen LogP contribution in [0.4, 0.5) is 0 Å². The van der Waals surface area contributed by atoms with E-state index < -0.39 is 6.04 Å². The molecular formula is C29H26N2O5S. The van der Waals surface area contributed by atoms with Crippen LogP contribution in [0.15, 0.2) is 75.7 Å². The van der Waals surface area contributed by atoms with Crippen LogP contribution in [-0.2, 0) is 4.79 Å². The summed E-state index contributed by atoms with van der Waals surface area (Å²) in [5, 5.41) is 1.88. The monoisotopic (exact) mass is 514 g/mol. The molecule has 0 fully saturated rings. The van der Waals surface area contributed by atoms with Gasteiger partial charge in [0.1, 0.15) is 17.2 Å². The van der Waals surface area contributed by atoms with Crippen LogP contribution in [0, 0.1) is 0 Å². The highest BCUT2D eigenvalue weighted by molar-refractivity contribution is 7.07. The molecule has 0 N–H and O–H groups in total. The molecule has 2 heterocycles. The number of carbonyl (C=O) groups excluding carboxylic acids is 1. The maximum Gasteiger partial charge on any atom is 0.271 e. The molecule has 3 aromatic carbocycles. The van der Waals surface area contributed by atoms with Gasteiger partial charge in [-0.05, 0) is 55.0 Å². The fourth-order valence-electron chi connectivity index (χ4n) is 4.84. The van der Waals surface area contributed by atoms with Crippen molar-refractivity contribution >= 4 is 34.0 Å². The number of thiazole rings is 1. The summed E-state index contributed by atoms with van der Waals surface area (Å²) in [6, 6.07) is 16.4. The number of hydrogen-bond acceptors (Lipinski definition) is 7. The van der Waals surface area contributed by atoms with Crippen molar-refractivity contribution in [3.05, 3.63) is 96.7 Å². The number of para-hydroxylation sites is 1. The lowest BCUT2D eigenvalue weighted by atomic mass is 9.93. The number of fused-ring (bicyclic) bond motifs is 2. The third-order valence-corrected chi connectivity index (χ3v) is 7.54. The maximum absolute atomic E-state index is 14.0. The largest absolute Gasteiger partial charge is 0.497 e. The number of ketones is 1. The first-order valence-corrected chi connectivity index (χ1v) is 12.5. The predicted octanol–water partition coefficient (Wildman–Crippen LogP) is 4.00. The van der Waals surface area contributed by atoms with Gasteiger partial charge in [-0.2, -0.15) is 0 Å². The summed E-state index contributed by atoms with van der Waals surface area (Å²) in [5.74, 6) is 1.79. The van der Waals surface area contributed by atoms with Gasteiger partial charge < -0.3 is 14.2 Å². The first-order chi connectivity index (χ1) is 17.9. The van der Waals surface area contributed by atoms with Crippen LogP contribution in [0.25, 0.3) is 16.8 Å². The third-order valence-electron chi connectivity index (χ3n) is 6.56. The number of aromatic nitrogens is 1. The molecule has 0 amide bonds. The van der Waals surface area contributed by atoms with Crippen molar-refractivity contribution in [3.63, 3.8) is 0 Å². The maximum atomic E-state index is 14.0. The smallest absolute Gasteiger partial charge is 0.271 e. The number of ether oxygens (including phenoxy) is 3. The SMILES string of the molecule is COc1ccc2ccc(OC)c(/C=c3\sc4n(c3=O)C(c3ccccc3OC)C(C(C)=O)=C(C)N=4)c2c1. The Balaban J connectivity index is 1.82. The van der Waals surface area contributed by atoms with Crippen LogP contribution in [0.3, 0.4) is 0 Å². The number of rotatable bonds is 6. The van der Waals surface area contributed by atoms with Gasteiger partial charge in [0.25, 0.3) is 5.56 Å². The van der Waals surface area contributed by atoms with E-state index in [1.165, 1.54) is 18.3 Å². The average molecular weight is 515 g/mol. The Labute approximate surface area is 217 Å². The number of hydrogen-bond donors (Lipinski definition) is 0. The van der Waals surface area contributed by atoms with Gasteiger partial charge in [-0.25, -0.2) is 4.99 Å². The molecule has 0 saturated carbocycles. The van der Waals surface area contributed by atoms with Gasteiger partial charge in [-0.3, -0.25) is 14.2 Å². The second kappa shape index (κ2) is 9.71. The zero-order valence-corrected chi connectivity index (χ0v) is 22.0. The number of carbonyl (C=O) groups is 1. The van der Waals surface area contributed by atoms with E-state index >= 15 is 0 Å². The highest BCUT2D eigenvalue weighted by atomic mass is 32.1. The number of allylic oxidation sites excluding steroid dienone is 2. The molecule has 7 nitrogen and oxygen atoms in total. The fourth-order valence-corrected chi connectivity index (χ4v) is 5.87. The summed E-state index contributed by atoms with van der Waals surface area (Å²) in [6.45, 7) is 3.30. The second-order valence-corrected chi connectivity index (χ2v) is 9.66. The van der Waals surface area contributed by atoms with E-state index in [0.29, 0.717) is 37.9 Å². The van der Waals surface area contributed by atoms with Crippen molar-refractivity contribution in [2.45, 2.75) is 19.9 Å². The number of Topliss-reactive ketones (excluding diaryl/α,β-unsaturated/α-hetero) is 1. The fraction of sp³-hybridized carbons (Fsp3) is 0.207. The lowest BCUT2D eigenvalue weighted by Crippen LogP contribution is -2.39. The third kappa shape index (κ3) is 4.13. The lowest BCUT2D eigenvalue weighted by molar-refractivity contribution is -0.114. The summed E-state index contributed by atoms with van der Waals surface area (Å²) in [6.07, 6.45) is 1.83. The van der Waals surface area contributed by atoms with Crippen LogP contribution in [-0.4, -0.2) is 31.7 Å². The Morgan fingerprint density at radius 2 is 1.73 bits per heavy atom. The summed E-state index contributed by atoms with van der Waals surface area (Å²) in [4.78, 5) is 32.0. The molecule has 8 heteroatoms. The first-order valence-electron chi connectivity index (χ1n) is 11.7. The van der Waals surface area contributed by atoms with Crippen molar-refractivity contribution in [2.75, 3.05) is 21.3 Å². The highest BCUT2D eigenvalue weighted by Crippen LogP contribution is 2.35. The van der Waals surface area contributed by atoms with E-state index in [-0.39, 0.29) is 11.3 Å². The van der Waals surface area contributed by atoms with Crippen LogP contribution < -0.4 is 29.1 Å². The number of benzene rings is 3. The first kappa shape index (κ1) is 24.5. The summed E-state index contributed by atoms with van der Waals surface area (Å²) >= 11 is 1.28. The Kier molecular flexibility index (Phi) is 6.43. The normalized spacial score (nSPS) is 15.4. The second-order valence-electron chi connectivity index (χ2n) is 8.65. The molecule has 1 unspecified atom stereocenters. The van der Waals surface area contributed by atoms with Gasteiger partial charge in [0.05, 0.1) is 31.9 Å². The molecule has 0 bridgehead atoms. The van der Waals surface area contributed by atoms with Gasteiger partial charge in [0.15, 0.2) is 10.6 Å². The van der Waals surface area contributed by atoms with Gasteiger partial charge in [-0.15, -0.1) is 0 Å². The molecule has 1 aliphatic heterocycles. The van der Waals surface area contributed by atoms with Crippen molar-refractivity contribution in [1.82, 2.24) is 4.57 Å². The topological polar surface area (TPSA) is 79.1 Å². The summed E-state index contributed by atoms with van der Waals surface area (Å²) in [7, 11) is 4.80. The Bertz CT molecular complexity index is 1760. The lowest BCUT2D eigenvalue weighted by Gasteiger charge is -2.25. The van der Waals surface area contributed by atoms with Crippen LogP contribution in [0.2, 0.25) is 0 Å². The molecule has 188 valence electrons. The molecule has 1 aliphatic rings. The number of methoxy groups -OCH3 is 3. The van der Waals surface area contributed by atoms with Gasteiger partial charge in [0, 0.05) is 22.4 Å². The Morgan fingerprint density at radius 3 is 2.43 bits per heavy atom. The van der Waals surface area contributed by atoms with Crippen molar-refractivity contribution in [2.24, 2.45) is 4.99 Å². The van der Waals surface area contributed by atoms with E-state index in [0.717, 1.165) is 21.9 Å². The van der Waals surface area contributed by atoms with E-state index in [9.17, 15) is 9.59 Å². The standard InChI is InChI=1S/C29H26N2O5S/c1-16-26(17(2)32)27(20-8-6-7-9-23(20)35-4)31-28(33)25(37-29(31)30-16)15-22-21-14-19(34-3)12-10-18(21)11-13-24(22)36-5/h6-15,27H,1-5H3/b25-15-. The van der Waals surface area contributed by atoms with Crippen LogP contribution >= 0.6 is 11.3 Å². The molecule has 0 aliphatic carbocycles. The number of nitrogens with zero attached hydrogens (tertiary/aromatic N) is 2. The zero-order chi connectivity index (χ0) is 26.3. The zero-order valence-electron chi connectivity index (χ0n) is 21.2. The average Bonchev–Trinajstić information content (AvgIpc) is 3.21. The molecule has 1 atom stereocenters. The molecule has 5 rings (SSSR count). The minimum atomic E-state index is -0.651. The van der Waals surface area contributed by atoms with E-state index in [4.69, 9.17) is 14.2 Å². The van der Waals surface area contributed by atoms with Crippen molar-refractivity contribution < 1.29 is 19.0 Å². The van der Waals surface area contributed by atoms with E-state index in [1.807, 2.05) is 60.7 Å². The molecule has 1 aromatic heterocycles. The molecule has 37 heavy (non-hydrogen) atoms. The minimum Gasteiger partial charge on any atom is -0.497 e. The van der Waals surface area contributed by atoms with Crippen LogP contribution in [0.1, 0.15) is 31.0 Å². The van der Waals surface area contributed by atoms with Crippen LogP contribution in [0.5, 0.6) is 17.2 Å². The van der Waals surface area contributed by atoms with Gasteiger partial charge in [0.2, 0.25) is 0 Å². The molecule has 0 radical (unpaired) electrons. The van der Waals surface area contributed by atoms with Crippen molar-refractivity contribution in [3.8, 4) is 17.2 Å². The molecule has 0 spiro atoms. The Morgan fingerprint density at radius 1 is 1.00 bits per heavy atom. The summed E-state index contributed by atoms with van der Waals surface area (Å²) in [5.41, 5.74) is 2.30. The quantitative estimate of drug-likeness (QED) is 0.389. The highest BCUT2D eigenvalue weighted by Gasteiger charge is 2.32. The molecular weight excluding hydrogens is 488 g/mol. The molecule has 0 saturated heterocycles. The van der Waals surface area contributed by atoms with Gasteiger partial charge >= 0.3 is 0 Å². The van der Waals surface area contributed by atoms with E-state index in [1.54, 1.807) is 32.8 Å². The van der Waals surface area contributed by atoms with E-state index in [2.05, 4.69) is 4.99 Å². The molecule has 4 aromatic rings. The minimum absolute atomic E-state index is 0.144. The predicted molar refractivity (Wildman–Crippen MR) is 144 cm³/mol.